The average molecular weight is 266 g/mol. The van der Waals surface area contributed by atoms with Crippen molar-refractivity contribution in [3.63, 3.8) is 0 Å². The summed E-state index contributed by atoms with van der Waals surface area (Å²) in [6.45, 7) is 4.32. The molecule has 0 aliphatic carbocycles. The van der Waals surface area contributed by atoms with Crippen molar-refractivity contribution in [2.75, 3.05) is 6.61 Å². The van der Waals surface area contributed by atoms with Gasteiger partial charge in [-0.05, 0) is 37.6 Å². The number of fused-ring (bicyclic) bond motifs is 1. The van der Waals surface area contributed by atoms with Gasteiger partial charge in [0.05, 0.1) is 5.57 Å². The topological polar surface area (TPSA) is 38.3 Å². The van der Waals surface area contributed by atoms with Crippen molar-refractivity contribution in [3.05, 3.63) is 34.4 Å². The predicted octanol–water partition coefficient (Wildman–Crippen LogP) is 3.03. The number of carbonyl (C=O) groups excluding carboxylic acids is 1. The van der Waals surface area contributed by atoms with E-state index >= 15 is 0 Å². The number of rotatable bonds is 3. The smallest absolute Gasteiger partial charge is 0.250 e. The Hall–Kier alpha value is -1.48. The molecule has 0 saturated carbocycles. The maximum atomic E-state index is 12.0. The molecule has 18 heavy (non-hydrogen) atoms. The van der Waals surface area contributed by atoms with Crippen LogP contribution < -0.4 is 10.1 Å². The van der Waals surface area contributed by atoms with E-state index in [0.29, 0.717) is 17.2 Å². The van der Waals surface area contributed by atoms with Crippen LogP contribution in [-0.4, -0.2) is 18.6 Å². The predicted molar refractivity (Wildman–Crippen MR) is 72.8 cm³/mol. The second-order valence-corrected chi connectivity index (χ2v) is 4.86. The monoisotopic (exact) mass is 265 g/mol. The van der Waals surface area contributed by atoms with E-state index in [9.17, 15) is 4.79 Å². The Morgan fingerprint density at radius 1 is 1.56 bits per heavy atom. The molecule has 0 fully saturated rings. The molecule has 0 aromatic heterocycles. The van der Waals surface area contributed by atoms with Gasteiger partial charge in [0.1, 0.15) is 12.4 Å². The van der Waals surface area contributed by atoms with Crippen LogP contribution in [0.3, 0.4) is 0 Å². The highest BCUT2D eigenvalue weighted by molar-refractivity contribution is 6.30. The molecule has 0 bridgehead atoms. The summed E-state index contributed by atoms with van der Waals surface area (Å²) in [6, 6.07) is 5.56. The van der Waals surface area contributed by atoms with E-state index in [0.717, 1.165) is 17.7 Å². The van der Waals surface area contributed by atoms with Gasteiger partial charge in [0.25, 0.3) is 5.91 Å². The molecule has 0 unspecified atom stereocenters. The van der Waals surface area contributed by atoms with Gasteiger partial charge >= 0.3 is 0 Å². The van der Waals surface area contributed by atoms with Crippen molar-refractivity contribution in [1.29, 1.82) is 0 Å². The Morgan fingerprint density at radius 3 is 3.06 bits per heavy atom. The highest BCUT2D eigenvalue weighted by Gasteiger charge is 2.18. The second-order valence-electron chi connectivity index (χ2n) is 4.42. The van der Waals surface area contributed by atoms with Gasteiger partial charge < -0.3 is 10.1 Å². The SMILES string of the molecule is CC[C@@H](C)NC(=O)C1=Cc2cc(Cl)ccc2OC1. The highest BCUT2D eigenvalue weighted by atomic mass is 35.5. The maximum Gasteiger partial charge on any atom is 0.250 e. The summed E-state index contributed by atoms with van der Waals surface area (Å²) >= 11 is 5.93. The van der Waals surface area contributed by atoms with Gasteiger partial charge in [-0.3, -0.25) is 4.79 Å². The molecular formula is C14H16ClNO2. The summed E-state index contributed by atoms with van der Waals surface area (Å²) < 4.78 is 5.54. The molecule has 96 valence electrons. The fraction of sp³-hybridized carbons (Fsp3) is 0.357. The van der Waals surface area contributed by atoms with E-state index in [1.807, 2.05) is 26.0 Å². The molecule has 1 heterocycles. The number of nitrogens with one attached hydrogen (secondary N) is 1. The molecule has 1 aliphatic rings. The summed E-state index contributed by atoms with van der Waals surface area (Å²) in [4.78, 5) is 12.0. The van der Waals surface area contributed by atoms with E-state index < -0.39 is 0 Å². The van der Waals surface area contributed by atoms with Gasteiger partial charge in [-0.1, -0.05) is 18.5 Å². The van der Waals surface area contributed by atoms with Crippen molar-refractivity contribution < 1.29 is 9.53 Å². The number of hydrogen-bond donors (Lipinski definition) is 1. The van der Waals surface area contributed by atoms with Crippen LogP contribution in [0.4, 0.5) is 0 Å². The van der Waals surface area contributed by atoms with E-state index in [2.05, 4.69) is 5.32 Å². The van der Waals surface area contributed by atoms with E-state index in [1.54, 1.807) is 12.1 Å². The zero-order valence-corrected chi connectivity index (χ0v) is 11.3. The first-order chi connectivity index (χ1) is 8.60. The number of ether oxygens (including phenoxy) is 1. The quantitative estimate of drug-likeness (QED) is 0.912. The summed E-state index contributed by atoms with van der Waals surface area (Å²) in [6.07, 6.45) is 2.74. The van der Waals surface area contributed by atoms with Gasteiger partial charge in [0.15, 0.2) is 0 Å². The number of amides is 1. The molecule has 1 aromatic carbocycles. The molecule has 0 radical (unpaired) electrons. The van der Waals surface area contributed by atoms with Crippen molar-refractivity contribution in [2.24, 2.45) is 0 Å². The van der Waals surface area contributed by atoms with Crippen LogP contribution in [0.5, 0.6) is 5.75 Å². The van der Waals surface area contributed by atoms with Crippen molar-refractivity contribution in [1.82, 2.24) is 5.32 Å². The minimum absolute atomic E-state index is 0.0741. The summed E-state index contributed by atoms with van der Waals surface area (Å²) in [5, 5.41) is 3.56. The van der Waals surface area contributed by atoms with Gasteiger partial charge in [-0.2, -0.15) is 0 Å². The van der Waals surface area contributed by atoms with Crippen LogP contribution >= 0.6 is 11.6 Å². The lowest BCUT2D eigenvalue weighted by atomic mass is 10.1. The standard InChI is InChI=1S/C14H16ClNO2/c1-3-9(2)16-14(17)11-6-10-7-12(15)4-5-13(10)18-8-11/h4-7,9H,3,8H2,1-2H3,(H,16,17)/t9-/m1/s1. The molecule has 3 nitrogen and oxygen atoms in total. The van der Waals surface area contributed by atoms with Gasteiger partial charge in [-0.15, -0.1) is 0 Å². The van der Waals surface area contributed by atoms with E-state index in [1.165, 1.54) is 0 Å². The lowest BCUT2D eigenvalue weighted by Crippen LogP contribution is -2.35. The van der Waals surface area contributed by atoms with Crippen molar-refractivity contribution in [3.8, 4) is 5.75 Å². The summed E-state index contributed by atoms with van der Waals surface area (Å²) in [5.41, 5.74) is 1.48. The summed E-state index contributed by atoms with van der Waals surface area (Å²) in [7, 11) is 0. The maximum absolute atomic E-state index is 12.0. The Labute approximate surface area is 112 Å². The minimum Gasteiger partial charge on any atom is -0.488 e. The summed E-state index contributed by atoms with van der Waals surface area (Å²) in [5.74, 6) is 0.689. The third-order valence-electron chi connectivity index (χ3n) is 2.97. The van der Waals surface area contributed by atoms with Gasteiger partial charge in [0.2, 0.25) is 0 Å². The lowest BCUT2D eigenvalue weighted by molar-refractivity contribution is -0.118. The third-order valence-corrected chi connectivity index (χ3v) is 3.20. The molecule has 2 rings (SSSR count). The minimum atomic E-state index is -0.0741. The first-order valence-electron chi connectivity index (χ1n) is 6.04. The Bertz CT molecular complexity index is 497. The zero-order valence-electron chi connectivity index (χ0n) is 10.5. The Morgan fingerprint density at radius 2 is 2.33 bits per heavy atom. The van der Waals surface area contributed by atoms with E-state index in [-0.39, 0.29) is 11.9 Å². The van der Waals surface area contributed by atoms with Crippen LogP contribution in [0.2, 0.25) is 5.02 Å². The number of halogens is 1. The van der Waals surface area contributed by atoms with Crippen LogP contribution in [0.25, 0.3) is 6.08 Å². The van der Waals surface area contributed by atoms with Crippen LogP contribution in [0.1, 0.15) is 25.8 Å². The number of carbonyl (C=O) groups is 1. The zero-order chi connectivity index (χ0) is 13.1. The van der Waals surface area contributed by atoms with Gasteiger partial charge in [0, 0.05) is 16.6 Å². The normalized spacial score (nSPS) is 15.2. The third kappa shape index (κ3) is 2.85. The Balaban J connectivity index is 2.19. The lowest BCUT2D eigenvalue weighted by Gasteiger charge is -2.19. The van der Waals surface area contributed by atoms with Crippen LogP contribution in [0, 0.1) is 0 Å². The molecule has 4 heteroatoms. The molecule has 0 saturated heterocycles. The molecule has 1 atom stereocenters. The van der Waals surface area contributed by atoms with Crippen molar-refractivity contribution in [2.45, 2.75) is 26.3 Å². The second kappa shape index (κ2) is 5.44. The van der Waals surface area contributed by atoms with Gasteiger partial charge in [-0.25, -0.2) is 0 Å². The molecular weight excluding hydrogens is 250 g/mol. The largest absolute Gasteiger partial charge is 0.488 e. The molecule has 1 N–H and O–H groups in total. The number of benzene rings is 1. The molecule has 1 aliphatic heterocycles. The Kier molecular flexibility index (Phi) is 3.92. The highest BCUT2D eigenvalue weighted by Crippen LogP contribution is 2.28. The fourth-order valence-corrected chi connectivity index (χ4v) is 1.88. The first kappa shape index (κ1) is 13.0. The first-order valence-corrected chi connectivity index (χ1v) is 6.41. The van der Waals surface area contributed by atoms with Crippen LogP contribution in [-0.2, 0) is 4.79 Å². The molecule has 0 spiro atoms. The average Bonchev–Trinajstić information content (AvgIpc) is 2.37. The van der Waals surface area contributed by atoms with E-state index in [4.69, 9.17) is 16.3 Å². The van der Waals surface area contributed by atoms with Crippen molar-refractivity contribution >= 4 is 23.6 Å². The number of hydrogen-bond acceptors (Lipinski definition) is 2. The molecule has 1 amide bonds. The van der Waals surface area contributed by atoms with Crippen LogP contribution in [0.15, 0.2) is 23.8 Å². The fourth-order valence-electron chi connectivity index (χ4n) is 1.70. The molecule has 1 aromatic rings.